The van der Waals surface area contributed by atoms with Gasteiger partial charge in [0, 0.05) is 29.9 Å². The van der Waals surface area contributed by atoms with Crippen LogP contribution in [-0.4, -0.2) is 42.4 Å². The average Bonchev–Trinajstić information content (AvgIpc) is 2.63. The van der Waals surface area contributed by atoms with E-state index in [0.29, 0.717) is 23.0 Å². The lowest BCUT2D eigenvalue weighted by Gasteiger charge is -2.19. The largest absolute Gasteiger partial charge is 0.496 e. The molecule has 8 heteroatoms. The smallest absolute Gasteiger partial charge is 0.234 e. The summed E-state index contributed by atoms with van der Waals surface area (Å²) in [4.78, 5) is 25.7. The fourth-order valence-electron chi connectivity index (χ4n) is 2.29. The van der Waals surface area contributed by atoms with Gasteiger partial charge >= 0.3 is 0 Å². The van der Waals surface area contributed by atoms with E-state index in [1.165, 1.54) is 36.0 Å². The van der Waals surface area contributed by atoms with Gasteiger partial charge in [-0.1, -0.05) is 11.6 Å². The monoisotopic (exact) mass is 410 g/mol. The molecule has 5 nitrogen and oxygen atoms in total. The summed E-state index contributed by atoms with van der Waals surface area (Å²) in [6, 6.07) is 10.7. The van der Waals surface area contributed by atoms with E-state index >= 15 is 0 Å². The minimum Gasteiger partial charge on any atom is -0.496 e. The van der Waals surface area contributed by atoms with Crippen molar-refractivity contribution in [3.8, 4) is 5.75 Å². The Balaban J connectivity index is 1.78. The quantitative estimate of drug-likeness (QED) is 0.718. The second-order valence-electron chi connectivity index (χ2n) is 5.75. The Labute approximate surface area is 166 Å². The molecule has 2 amide bonds. The summed E-state index contributed by atoms with van der Waals surface area (Å²) in [5.74, 6) is 0.209. The van der Waals surface area contributed by atoms with Crippen LogP contribution in [0.25, 0.3) is 0 Å². The molecule has 0 aliphatic rings. The molecule has 0 bridgehead atoms. The van der Waals surface area contributed by atoms with Crippen molar-refractivity contribution in [1.82, 2.24) is 4.90 Å². The lowest BCUT2D eigenvalue weighted by Crippen LogP contribution is -2.28. The number of nitrogens with one attached hydrogen (secondary N) is 1. The van der Waals surface area contributed by atoms with Gasteiger partial charge in [0.05, 0.1) is 18.6 Å². The number of amides is 2. The first-order valence-corrected chi connectivity index (χ1v) is 9.62. The second kappa shape index (κ2) is 10.2. The molecule has 2 rings (SSSR count). The van der Waals surface area contributed by atoms with E-state index in [1.807, 2.05) is 0 Å². The molecule has 0 saturated carbocycles. The Kier molecular flexibility index (Phi) is 7.94. The van der Waals surface area contributed by atoms with Crippen molar-refractivity contribution in [2.24, 2.45) is 0 Å². The molecule has 2 aromatic carbocycles. The SMILES string of the molecule is COc1ccc(Cl)cc1CN(C)C(=O)CSCC(=O)Nc1ccc(F)cc1. The van der Waals surface area contributed by atoms with Gasteiger partial charge < -0.3 is 15.0 Å². The molecule has 0 fully saturated rings. The van der Waals surface area contributed by atoms with Gasteiger partial charge in [0.15, 0.2) is 0 Å². The van der Waals surface area contributed by atoms with Gasteiger partial charge in [0.2, 0.25) is 11.8 Å². The van der Waals surface area contributed by atoms with E-state index < -0.39 is 0 Å². The number of carbonyl (C=O) groups is 2. The number of rotatable bonds is 8. The molecule has 1 N–H and O–H groups in total. The number of halogens is 2. The molecule has 0 spiro atoms. The van der Waals surface area contributed by atoms with Gasteiger partial charge in [-0.25, -0.2) is 4.39 Å². The first-order chi connectivity index (χ1) is 12.9. The van der Waals surface area contributed by atoms with Crippen LogP contribution in [0, 0.1) is 5.82 Å². The van der Waals surface area contributed by atoms with Crippen molar-refractivity contribution in [2.45, 2.75) is 6.54 Å². The van der Waals surface area contributed by atoms with E-state index in [0.717, 1.165) is 5.56 Å². The Bertz CT molecular complexity index is 802. The molecule has 0 radical (unpaired) electrons. The number of hydrogen-bond donors (Lipinski definition) is 1. The van der Waals surface area contributed by atoms with Crippen molar-refractivity contribution >= 4 is 40.9 Å². The number of anilines is 1. The van der Waals surface area contributed by atoms with Crippen molar-refractivity contribution in [1.29, 1.82) is 0 Å². The standard InChI is InChI=1S/C19H20ClFN2O3S/c1-23(10-13-9-14(20)3-8-17(13)26-2)19(25)12-27-11-18(24)22-16-6-4-15(21)5-7-16/h3-9H,10-12H2,1-2H3,(H,22,24). The second-order valence-corrected chi connectivity index (χ2v) is 7.18. The maximum atomic E-state index is 12.8. The average molecular weight is 411 g/mol. The fraction of sp³-hybridized carbons (Fsp3) is 0.263. The van der Waals surface area contributed by atoms with Gasteiger partial charge in [-0.05, 0) is 42.5 Å². The molecule has 0 aromatic heterocycles. The first kappa shape index (κ1) is 21.1. The van der Waals surface area contributed by atoms with E-state index in [2.05, 4.69) is 5.32 Å². The van der Waals surface area contributed by atoms with Gasteiger partial charge in [0.1, 0.15) is 11.6 Å². The predicted octanol–water partition coefficient (Wildman–Crippen LogP) is 3.82. The Hall–Kier alpha value is -2.25. The van der Waals surface area contributed by atoms with E-state index in [4.69, 9.17) is 16.3 Å². The molecule has 0 saturated heterocycles. The summed E-state index contributed by atoms with van der Waals surface area (Å²) in [7, 11) is 3.24. The van der Waals surface area contributed by atoms with Crippen LogP contribution in [0.4, 0.5) is 10.1 Å². The summed E-state index contributed by atoms with van der Waals surface area (Å²) in [6.45, 7) is 0.352. The van der Waals surface area contributed by atoms with Crippen LogP contribution in [0.2, 0.25) is 5.02 Å². The number of benzene rings is 2. The highest BCUT2D eigenvalue weighted by Gasteiger charge is 2.13. The van der Waals surface area contributed by atoms with Crippen LogP contribution >= 0.6 is 23.4 Å². The highest BCUT2D eigenvalue weighted by molar-refractivity contribution is 8.00. The molecule has 0 aliphatic heterocycles. The summed E-state index contributed by atoms with van der Waals surface area (Å²) < 4.78 is 18.1. The van der Waals surface area contributed by atoms with E-state index in [9.17, 15) is 14.0 Å². The predicted molar refractivity (Wildman–Crippen MR) is 107 cm³/mol. The molecule has 27 heavy (non-hydrogen) atoms. The van der Waals surface area contributed by atoms with Crippen LogP contribution in [-0.2, 0) is 16.1 Å². The Morgan fingerprint density at radius 1 is 1.19 bits per heavy atom. The zero-order valence-corrected chi connectivity index (χ0v) is 16.6. The van der Waals surface area contributed by atoms with Gasteiger partial charge in [-0.2, -0.15) is 0 Å². The summed E-state index contributed by atoms with van der Waals surface area (Å²) in [5, 5.41) is 3.22. The number of nitrogens with zero attached hydrogens (tertiary/aromatic N) is 1. The van der Waals surface area contributed by atoms with Gasteiger partial charge in [0.25, 0.3) is 0 Å². The fourth-order valence-corrected chi connectivity index (χ4v) is 3.24. The van der Waals surface area contributed by atoms with Crippen LogP contribution in [0.3, 0.4) is 0 Å². The third-order valence-corrected chi connectivity index (χ3v) is 4.81. The third kappa shape index (κ3) is 6.77. The van der Waals surface area contributed by atoms with Crippen LogP contribution in [0.5, 0.6) is 5.75 Å². The lowest BCUT2D eigenvalue weighted by atomic mass is 10.2. The molecule has 0 aliphatic carbocycles. The van der Waals surface area contributed by atoms with E-state index in [-0.39, 0.29) is 29.1 Å². The van der Waals surface area contributed by atoms with Gasteiger partial charge in [-0.3, -0.25) is 9.59 Å². The molecule has 0 unspecified atom stereocenters. The van der Waals surface area contributed by atoms with Crippen molar-refractivity contribution in [3.63, 3.8) is 0 Å². The van der Waals surface area contributed by atoms with Crippen molar-refractivity contribution in [3.05, 3.63) is 58.9 Å². The number of carbonyl (C=O) groups excluding carboxylic acids is 2. The van der Waals surface area contributed by atoms with Gasteiger partial charge in [-0.15, -0.1) is 11.8 Å². The highest BCUT2D eigenvalue weighted by Crippen LogP contribution is 2.24. The number of hydrogen-bond acceptors (Lipinski definition) is 4. The molecular formula is C19H20ClFN2O3S. The first-order valence-electron chi connectivity index (χ1n) is 8.08. The minimum atomic E-state index is -0.368. The lowest BCUT2D eigenvalue weighted by molar-refractivity contribution is -0.127. The van der Waals surface area contributed by atoms with Crippen LogP contribution in [0.1, 0.15) is 5.56 Å². The third-order valence-electron chi connectivity index (χ3n) is 3.66. The zero-order valence-electron chi connectivity index (χ0n) is 15.0. The summed E-state index contributed by atoms with van der Waals surface area (Å²) >= 11 is 7.21. The Morgan fingerprint density at radius 2 is 1.89 bits per heavy atom. The topological polar surface area (TPSA) is 58.6 Å². The molecule has 0 heterocycles. The molecule has 2 aromatic rings. The van der Waals surface area contributed by atoms with E-state index in [1.54, 1.807) is 37.3 Å². The van der Waals surface area contributed by atoms with Crippen molar-refractivity contribution in [2.75, 3.05) is 31.0 Å². The maximum absolute atomic E-state index is 12.8. The van der Waals surface area contributed by atoms with Crippen LogP contribution < -0.4 is 10.1 Å². The number of ether oxygens (including phenoxy) is 1. The summed E-state index contributed by atoms with van der Waals surface area (Å²) in [6.07, 6.45) is 0. The maximum Gasteiger partial charge on any atom is 0.234 e. The normalized spacial score (nSPS) is 10.4. The molecule has 144 valence electrons. The zero-order chi connectivity index (χ0) is 19.8. The molecular weight excluding hydrogens is 391 g/mol. The number of thioether (sulfide) groups is 1. The molecule has 0 atom stereocenters. The number of methoxy groups -OCH3 is 1. The van der Waals surface area contributed by atoms with Crippen LogP contribution in [0.15, 0.2) is 42.5 Å². The Morgan fingerprint density at radius 3 is 2.56 bits per heavy atom. The highest BCUT2D eigenvalue weighted by atomic mass is 35.5. The summed E-state index contributed by atoms with van der Waals surface area (Å²) in [5.41, 5.74) is 1.32. The minimum absolute atomic E-state index is 0.114. The van der Waals surface area contributed by atoms with Crippen molar-refractivity contribution < 1.29 is 18.7 Å².